The van der Waals surface area contributed by atoms with Crippen LogP contribution in [0.5, 0.6) is 0 Å². The number of hydrogen-bond donors (Lipinski definition) is 3. The van der Waals surface area contributed by atoms with Gasteiger partial charge in [0.1, 0.15) is 0 Å². The van der Waals surface area contributed by atoms with Gasteiger partial charge >= 0.3 is 12.0 Å². The number of pyridine rings is 1. The van der Waals surface area contributed by atoms with Crippen LogP contribution in [0.1, 0.15) is 30.7 Å². The lowest BCUT2D eigenvalue weighted by Crippen LogP contribution is -2.34. The van der Waals surface area contributed by atoms with Crippen molar-refractivity contribution in [1.82, 2.24) is 10.3 Å². The largest absolute Gasteiger partial charge is 0.481 e. The van der Waals surface area contributed by atoms with Crippen LogP contribution < -0.4 is 10.6 Å². The second-order valence-corrected chi connectivity index (χ2v) is 4.34. The molecule has 0 bridgehead atoms. The molecule has 0 unspecified atom stereocenters. The zero-order valence-corrected chi connectivity index (χ0v) is 11.4. The highest BCUT2D eigenvalue weighted by molar-refractivity contribution is 6.01. The molecule has 3 N–H and O–H groups in total. The zero-order valence-electron chi connectivity index (χ0n) is 11.4. The number of nitrogens with one attached hydrogen (secondary N) is 2. The third kappa shape index (κ3) is 5.47. The number of aryl methyl sites for hydroxylation is 2. The van der Waals surface area contributed by atoms with Crippen LogP contribution in [-0.2, 0) is 9.59 Å². The quantitative estimate of drug-likeness (QED) is 0.758. The van der Waals surface area contributed by atoms with E-state index in [1.807, 2.05) is 6.92 Å². The van der Waals surface area contributed by atoms with Gasteiger partial charge in [-0.25, -0.2) is 4.79 Å². The first-order valence-electron chi connectivity index (χ1n) is 6.15. The minimum atomic E-state index is -0.969. The lowest BCUT2D eigenvalue weighted by atomic mass is 10.2. The summed E-state index contributed by atoms with van der Waals surface area (Å²) < 4.78 is 0. The molecular weight excluding hydrogens is 262 g/mol. The van der Waals surface area contributed by atoms with Crippen molar-refractivity contribution in [2.24, 2.45) is 0 Å². The highest BCUT2D eigenvalue weighted by atomic mass is 16.4. The summed E-state index contributed by atoms with van der Waals surface area (Å²) in [5.74, 6) is -1.48. The second kappa shape index (κ2) is 7.22. The van der Waals surface area contributed by atoms with Crippen LogP contribution in [-0.4, -0.2) is 28.0 Å². The molecule has 0 fully saturated rings. The molecule has 0 aliphatic heterocycles. The van der Waals surface area contributed by atoms with E-state index in [4.69, 9.17) is 5.11 Å². The topological polar surface area (TPSA) is 108 Å². The Morgan fingerprint density at radius 2 is 1.90 bits per heavy atom. The third-order valence-corrected chi connectivity index (χ3v) is 2.52. The van der Waals surface area contributed by atoms with Gasteiger partial charge in [0.05, 0.1) is 11.4 Å². The molecule has 0 aromatic carbocycles. The van der Waals surface area contributed by atoms with Crippen molar-refractivity contribution in [3.8, 4) is 0 Å². The van der Waals surface area contributed by atoms with Gasteiger partial charge in [0.2, 0.25) is 5.91 Å². The molecule has 7 heteroatoms. The molecule has 108 valence electrons. The van der Waals surface area contributed by atoms with Crippen molar-refractivity contribution in [2.75, 3.05) is 5.32 Å². The number of aromatic nitrogens is 1. The molecule has 3 amide bonds. The van der Waals surface area contributed by atoms with Crippen LogP contribution in [0.4, 0.5) is 10.5 Å². The molecular formula is C13H17N3O4. The van der Waals surface area contributed by atoms with Crippen LogP contribution >= 0.6 is 0 Å². The minimum absolute atomic E-state index is 0.00908. The highest BCUT2D eigenvalue weighted by Gasteiger charge is 2.10. The fourth-order valence-electron chi connectivity index (χ4n) is 1.56. The molecule has 7 nitrogen and oxygen atoms in total. The Morgan fingerprint density at radius 3 is 2.50 bits per heavy atom. The Bertz CT molecular complexity index is 528. The van der Waals surface area contributed by atoms with Gasteiger partial charge in [0.25, 0.3) is 0 Å². The summed E-state index contributed by atoms with van der Waals surface area (Å²) in [5.41, 5.74) is 2.00. The van der Waals surface area contributed by atoms with Gasteiger partial charge in [-0.05, 0) is 32.4 Å². The van der Waals surface area contributed by atoms with E-state index < -0.39 is 17.9 Å². The van der Waals surface area contributed by atoms with E-state index in [1.165, 1.54) is 0 Å². The van der Waals surface area contributed by atoms with Crippen LogP contribution in [0.3, 0.4) is 0 Å². The van der Waals surface area contributed by atoms with E-state index in [9.17, 15) is 14.4 Å². The molecule has 20 heavy (non-hydrogen) atoms. The molecule has 0 aliphatic carbocycles. The summed E-state index contributed by atoms with van der Waals surface area (Å²) >= 11 is 0. The fourth-order valence-corrected chi connectivity index (χ4v) is 1.56. The molecule has 1 rings (SSSR count). The van der Waals surface area contributed by atoms with E-state index in [2.05, 4.69) is 15.6 Å². The summed E-state index contributed by atoms with van der Waals surface area (Å²) in [6, 6.07) is 2.79. The summed E-state index contributed by atoms with van der Waals surface area (Å²) in [5, 5.41) is 13.1. The number of urea groups is 1. The molecule has 0 radical (unpaired) electrons. The van der Waals surface area contributed by atoms with E-state index >= 15 is 0 Å². The summed E-state index contributed by atoms with van der Waals surface area (Å²) in [4.78, 5) is 37.4. The number of aliphatic carboxylic acids is 1. The third-order valence-electron chi connectivity index (χ3n) is 2.52. The van der Waals surface area contributed by atoms with Gasteiger partial charge in [-0.1, -0.05) is 0 Å². The summed E-state index contributed by atoms with van der Waals surface area (Å²) in [6.07, 6.45) is 0.0838. The molecule has 1 heterocycles. The van der Waals surface area contributed by atoms with Crippen molar-refractivity contribution in [3.63, 3.8) is 0 Å². The number of carbonyl (C=O) groups is 3. The molecule has 0 aliphatic rings. The van der Waals surface area contributed by atoms with E-state index in [0.717, 1.165) is 5.69 Å². The number of carboxylic acid groups (broad SMARTS) is 1. The highest BCUT2D eigenvalue weighted by Crippen LogP contribution is 2.12. The first-order valence-corrected chi connectivity index (χ1v) is 6.15. The van der Waals surface area contributed by atoms with E-state index in [1.54, 1.807) is 19.1 Å². The predicted octanol–water partition coefficient (Wildman–Crippen LogP) is 1.60. The maximum Gasteiger partial charge on any atom is 0.325 e. The average Bonchev–Trinajstić information content (AvgIpc) is 2.32. The normalized spacial score (nSPS) is 9.90. The number of carbonyl (C=O) groups excluding carboxylic acids is 2. The zero-order chi connectivity index (χ0) is 15.1. The van der Waals surface area contributed by atoms with Crippen LogP contribution in [0, 0.1) is 13.8 Å². The van der Waals surface area contributed by atoms with Gasteiger partial charge < -0.3 is 10.4 Å². The number of hydrogen-bond acceptors (Lipinski definition) is 4. The predicted molar refractivity (Wildman–Crippen MR) is 72.4 cm³/mol. The van der Waals surface area contributed by atoms with Gasteiger partial charge in [-0.15, -0.1) is 0 Å². The fraction of sp³-hybridized carbons (Fsp3) is 0.385. The molecule has 0 atom stereocenters. The number of carboxylic acids is 1. The summed E-state index contributed by atoms with van der Waals surface area (Å²) in [6.45, 7) is 3.58. The Labute approximate surface area is 116 Å². The second-order valence-electron chi connectivity index (χ2n) is 4.34. The SMILES string of the molecule is Cc1ccc(NC(=O)NC(=O)CCCC(=O)O)c(C)n1. The number of imide groups is 1. The van der Waals surface area contributed by atoms with Crippen LogP contribution in [0.15, 0.2) is 12.1 Å². The van der Waals surface area contributed by atoms with Crippen molar-refractivity contribution in [3.05, 3.63) is 23.5 Å². The van der Waals surface area contributed by atoms with Crippen LogP contribution in [0.2, 0.25) is 0 Å². The van der Waals surface area contributed by atoms with Gasteiger partial charge in [0.15, 0.2) is 0 Å². The molecule has 1 aromatic heterocycles. The van der Waals surface area contributed by atoms with Gasteiger partial charge in [-0.3, -0.25) is 19.9 Å². The van der Waals surface area contributed by atoms with Gasteiger partial charge in [-0.2, -0.15) is 0 Å². The van der Waals surface area contributed by atoms with Crippen molar-refractivity contribution in [1.29, 1.82) is 0 Å². The minimum Gasteiger partial charge on any atom is -0.481 e. The maximum atomic E-state index is 11.6. The lowest BCUT2D eigenvalue weighted by Gasteiger charge is -2.09. The maximum absolute atomic E-state index is 11.6. The number of rotatable bonds is 5. The van der Waals surface area contributed by atoms with Crippen molar-refractivity contribution >= 4 is 23.6 Å². The Balaban J connectivity index is 2.43. The molecule has 0 spiro atoms. The van der Waals surface area contributed by atoms with E-state index in [0.29, 0.717) is 11.4 Å². The van der Waals surface area contributed by atoms with Gasteiger partial charge in [0, 0.05) is 18.5 Å². The summed E-state index contributed by atoms with van der Waals surface area (Å²) in [7, 11) is 0. The number of nitrogens with zero attached hydrogens (tertiary/aromatic N) is 1. The molecule has 0 saturated carbocycles. The Hall–Kier alpha value is -2.44. The first kappa shape index (κ1) is 15.6. The van der Waals surface area contributed by atoms with Crippen LogP contribution in [0.25, 0.3) is 0 Å². The standard InChI is InChI=1S/C13H17N3O4/c1-8-6-7-10(9(2)14-8)15-13(20)16-11(17)4-3-5-12(18)19/h6-7H,3-5H2,1-2H3,(H,18,19)(H2,15,16,17,20). The monoisotopic (exact) mass is 279 g/mol. The first-order chi connectivity index (χ1) is 9.38. The van der Waals surface area contributed by atoms with Crippen molar-refractivity contribution < 1.29 is 19.5 Å². The number of anilines is 1. The number of amides is 3. The van der Waals surface area contributed by atoms with E-state index in [-0.39, 0.29) is 19.3 Å². The Morgan fingerprint density at radius 1 is 1.20 bits per heavy atom. The van der Waals surface area contributed by atoms with Crippen molar-refractivity contribution in [2.45, 2.75) is 33.1 Å². The molecule has 1 aromatic rings. The lowest BCUT2D eigenvalue weighted by molar-refractivity contribution is -0.137. The molecule has 0 saturated heterocycles. The smallest absolute Gasteiger partial charge is 0.325 e. The Kier molecular flexibility index (Phi) is 5.64. The average molecular weight is 279 g/mol.